The van der Waals surface area contributed by atoms with Crippen LogP contribution in [0.2, 0.25) is 18.1 Å². The third kappa shape index (κ3) is 8.23. The molecule has 1 aliphatic carbocycles. The van der Waals surface area contributed by atoms with Gasteiger partial charge in [-0.3, -0.25) is 9.74 Å². The van der Waals surface area contributed by atoms with Gasteiger partial charge in [-0.15, -0.1) is 6.58 Å². The number of benzene rings is 3. The van der Waals surface area contributed by atoms with Crippen molar-refractivity contribution in [1.29, 1.82) is 5.26 Å². The molecule has 0 aliphatic heterocycles. The van der Waals surface area contributed by atoms with E-state index in [2.05, 4.69) is 53.1 Å². The van der Waals surface area contributed by atoms with E-state index in [4.69, 9.17) is 14.0 Å². The lowest BCUT2D eigenvalue weighted by atomic mass is 9.98. The maximum Gasteiger partial charge on any atom is 0.432 e. The number of nitriles is 1. The van der Waals surface area contributed by atoms with E-state index in [-0.39, 0.29) is 37.3 Å². The number of carbonyl (C=O) groups excluding carboxylic acids is 1. The molecule has 2 atom stereocenters. The van der Waals surface area contributed by atoms with Crippen molar-refractivity contribution in [2.45, 2.75) is 63.5 Å². The number of carboxylic acid groups (broad SMARTS) is 1. The third-order valence-electron chi connectivity index (χ3n) is 9.17. The van der Waals surface area contributed by atoms with Crippen LogP contribution in [0.25, 0.3) is 11.1 Å². The van der Waals surface area contributed by atoms with Gasteiger partial charge in [0.2, 0.25) is 0 Å². The largest absolute Gasteiger partial charge is 0.463 e. The second kappa shape index (κ2) is 15.5. The molecule has 4 rings (SSSR count). The summed E-state index contributed by atoms with van der Waals surface area (Å²) in [4.78, 5) is 33.4. The highest BCUT2D eigenvalue weighted by Gasteiger charge is 2.39. The number of amides is 2. The molecule has 9 nitrogen and oxygen atoms in total. The molecule has 0 aromatic heterocycles. The molecule has 1 N–H and O–H groups in total. The van der Waals surface area contributed by atoms with Crippen LogP contribution < -0.4 is 0 Å². The molecule has 0 radical (unpaired) electrons. The summed E-state index contributed by atoms with van der Waals surface area (Å²) < 4.78 is 12.3. The lowest BCUT2D eigenvalue weighted by molar-refractivity contribution is -0.159. The SMILES string of the molecule is C=C[C@H](CN(C(=O)OCC1c2ccccc2-c2ccccc21)C(C#N)C(=C)CO[Si](C)(C)C(C)(C)C)N(OCc1ccccc1)C(=O)O. The van der Waals surface area contributed by atoms with E-state index in [0.717, 1.165) is 32.9 Å². The van der Waals surface area contributed by atoms with E-state index in [1.165, 1.54) is 11.0 Å². The van der Waals surface area contributed by atoms with Crippen LogP contribution in [0.5, 0.6) is 0 Å². The molecule has 0 heterocycles. The standard InChI is InChI=1S/C38H45N3O6Si/c1-8-29(41(36(42)43)46-25-28-16-10-9-11-17-28)23-40(35(22-39)27(2)24-47-48(6,7)38(3,4)5)37(44)45-26-34-32-20-14-12-18-30(32)31-19-13-15-21-33(31)34/h8-21,29,34-35H,1-2,23-26H2,3-7H3,(H,42,43)/t29-,35?/m1/s1. The molecular formula is C38H45N3O6Si. The van der Waals surface area contributed by atoms with Crippen molar-refractivity contribution in [1.82, 2.24) is 9.96 Å². The van der Waals surface area contributed by atoms with Crippen LogP contribution in [-0.4, -0.2) is 67.4 Å². The van der Waals surface area contributed by atoms with Crippen molar-refractivity contribution >= 4 is 20.5 Å². The maximum absolute atomic E-state index is 14.1. The molecule has 0 spiro atoms. The van der Waals surface area contributed by atoms with Crippen molar-refractivity contribution in [3.05, 3.63) is 120 Å². The number of hydrogen-bond donors (Lipinski definition) is 1. The Bertz CT molecular complexity index is 1620. The Morgan fingerprint density at radius 3 is 2.08 bits per heavy atom. The minimum absolute atomic E-state index is 0.0142. The summed E-state index contributed by atoms with van der Waals surface area (Å²) >= 11 is 0. The Labute approximate surface area is 284 Å². The smallest absolute Gasteiger partial charge is 0.432 e. The van der Waals surface area contributed by atoms with Gasteiger partial charge < -0.3 is 14.3 Å². The van der Waals surface area contributed by atoms with Crippen LogP contribution in [0.3, 0.4) is 0 Å². The summed E-state index contributed by atoms with van der Waals surface area (Å²) in [6, 6.07) is 25.1. The maximum atomic E-state index is 14.1. The summed E-state index contributed by atoms with van der Waals surface area (Å²) in [5.74, 6) is -0.214. The van der Waals surface area contributed by atoms with E-state index in [1.54, 1.807) is 0 Å². The Kier molecular flexibility index (Phi) is 11.7. The van der Waals surface area contributed by atoms with Gasteiger partial charge in [-0.05, 0) is 51.5 Å². The molecule has 48 heavy (non-hydrogen) atoms. The average molecular weight is 668 g/mol. The van der Waals surface area contributed by atoms with Crippen molar-refractivity contribution in [3.63, 3.8) is 0 Å². The van der Waals surface area contributed by atoms with Gasteiger partial charge in [-0.2, -0.15) is 10.3 Å². The minimum atomic E-state index is -2.23. The fourth-order valence-corrected chi connectivity index (χ4v) is 6.35. The molecule has 3 aromatic carbocycles. The van der Waals surface area contributed by atoms with Gasteiger partial charge in [-0.1, -0.05) is 112 Å². The Balaban J connectivity index is 1.60. The highest BCUT2D eigenvalue weighted by atomic mass is 28.4. The predicted molar refractivity (Wildman–Crippen MR) is 189 cm³/mol. The number of rotatable bonds is 14. The van der Waals surface area contributed by atoms with Gasteiger partial charge >= 0.3 is 12.2 Å². The van der Waals surface area contributed by atoms with Crippen LogP contribution in [0.4, 0.5) is 9.59 Å². The first-order chi connectivity index (χ1) is 22.8. The number of hydrogen-bond acceptors (Lipinski definition) is 6. The molecule has 1 aliphatic rings. The zero-order valence-corrected chi connectivity index (χ0v) is 29.4. The number of ether oxygens (including phenoxy) is 1. The third-order valence-corrected chi connectivity index (χ3v) is 13.7. The highest BCUT2D eigenvalue weighted by molar-refractivity contribution is 6.74. The normalized spacial score (nSPS) is 13.8. The van der Waals surface area contributed by atoms with Crippen LogP contribution >= 0.6 is 0 Å². The quantitative estimate of drug-likeness (QED) is 0.104. The first-order valence-corrected chi connectivity index (χ1v) is 18.8. The van der Waals surface area contributed by atoms with Gasteiger partial charge in [0.15, 0.2) is 8.32 Å². The van der Waals surface area contributed by atoms with Crippen LogP contribution in [0.15, 0.2) is 104 Å². The van der Waals surface area contributed by atoms with E-state index in [9.17, 15) is 20.0 Å². The zero-order chi connectivity index (χ0) is 35.1. The minimum Gasteiger partial charge on any atom is -0.463 e. The van der Waals surface area contributed by atoms with E-state index >= 15 is 0 Å². The predicted octanol–water partition coefficient (Wildman–Crippen LogP) is 8.37. The number of fused-ring (bicyclic) bond motifs is 3. The summed E-state index contributed by atoms with van der Waals surface area (Å²) in [5, 5.41) is 21.2. The molecule has 0 saturated heterocycles. The number of hydroxylamine groups is 2. The fraction of sp³-hybridized carbons (Fsp3) is 0.342. The Hall–Kier alpha value is -4.69. The van der Waals surface area contributed by atoms with Gasteiger partial charge in [-0.25, -0.2) is 9.59 Å². The average Bonchev–Trinajstić information content (AvgIpc) is 3.38. The van der Waals surface area contributed by atoms with Crippen molar-refractivity contribution in [2.75, 3.05) is 19.8 Å². The van der Waals surface area contributed by atoms with Gasteiger partial charge in [0, 0.05) is 5.92 Å². The highest BCUT2D eigenvalue weighted by Crippen LogP contribution is 2.44. The number of nitrogens with zero attached hydrogens (tertiary/aromatic N) is 3. The zero-order valence-electron chi connectivity index (χ0n) is 28.4. The van der Waals surface area contributed by atoms with E-state index < -0.39 is 32.6 Å². The van der Waals surface area contributed by atoms with Gasteiger partial charge in [0.1, 0.15) is 19.3 Å². The number of carbonyl (C=O) groups is 2. The molecular weight excluding hydrogens is 623 g/mol. The molecule has 1 unspecified atom stereocenters. The van der Waals surface area contributed by atoms with Gasteiger partial charge in [0.25, 0.3) is 0 Å². The van der Waals surface area contributed by atoms with Crippen LogP contribution in [0.1, 0.15) is 43.4 Å². The summed E-state index contributed by atoms with van der Waals surface area (Å²) in [7, 11) is -2.23. The molecule has 0 bridgehead atoms. The Morgan fingerprint density at radius 2 is 1.56 bits per heavy atom. The van der Waals surface area contributed by atoms with Crippen molar-refractivity contribution in [2.24, 2.45) is 0 Å². The second-order valence-corrected chi connectivity index (χ2v) is 18.2. The van der Waals surface area contributed by atoms with Crippen LogP contribution in [0, 0.1) is 11.3 Å². The second-order valence-electron chi connectivity index (χ2n) is 13.4. The molecule has 0 fully saturated rings. The van der Waals surface area contributed by atoms with Gasteiger partial charge in [0.05, 0.1) is 25.3 Å². The molecule has 0 saturated carbocycles. The molecule has 3 aromatic rings. The monoisotopic (exact) mass is 667 g/mol. The molecule has 2 amide bonds. The molecule has 252 valence electrons. The summed E-state index contributed by atoms with van der Waals surface area (Å²) in [5.41, 5.74) is 5.35. The van der Waals surface area contributed by atoms with Crippen molar-refractivity contribution < 1.29 is 28.7 Å². The van der Waals surface area contributed by atoms with E-state index in [1.807, 2.05) is 78.9 Å². The lowest BCUT2D eigenvalue weighted by Crippen LogP contribution is -2.51. The molecule has 10 heteroatoms. The first-order valence-electron chi connectivity index (χ1n) is 15.9. The fourth-order valence-electron chi connectivity index (χ4n) is 5.37. The summed E-state index contributed by atoms with van der Waals surface area (Å²) in [6.07, 6.45) is -0.805. The van der Waals surface area contributed by atoms with Crippen molar-refractivity contribution in [3.8, 4) is 17.2 Å². The lowest BCUT2D eigenvalue weighted by Gasteiger charge is -2.38. The first kappa shape index (κ1) is 36.1. The van der Waals surface area contributed by atoms with Crippen LogP contribution in [-0.2, 0) is 20.6 Å². The topological polar surface area (TPSA) is 112 Å². The van der Waals surface area contributed by atoms with E-state index in [0.29, 0.717) is 5.57 Å². The Morgan fingerprint density at radius 1 is 1.00 bits per heavy atom. The summed E-state index contributed by atoms with van der Waals surface area (Å²) in [6.45, 7) is 18.2.